The van der Waals surface area contributed by atoms with E-state index in [-0.39, 0.29) is 30.8 Å². The fourth-order valence-corrected chi connectivity index (χ4v) is 2.02. The van der Waals surface area contributed by atoms with Gasteiger partial charge in [0, 0.05) is 23.2 Å². The van der Waals surface area contributed by atoms with E-state index >= 15 is 0 Å². The summed E-state index contributed by atoms with van der Waals surface area (Å²) in [6.45, 7) is 1.64. The summed E-state index contributed by atoms with van der Waals surface area (Å²) >= 11 is 3.32. The number of anilines is 1. The zero-order valence-electron chi connectivity index (χ0n) is 11.2. The minimum Gasteiger partial charge on any atom is -0.366 e. The molecule has 1 unspecified atom stereocenters. The van der Waals surface area contributed by atoms with Gasteiger partial charge in [-0.05, 0) is 24.3 Å². The standard InChI is InChI=1S/C13H16BrN3O3.ClH/c14-9-1-3-10(4-2-9)17-12(18)8-16-13(19)11-7-15-5-6-20-11;/h1-4,11,15H,5-8H2,(H,16,19)(H,17,18);1H. The number of hydrogen-bond acceptors (Lipinski definition) is 4. The van der Waals surface area contributed by atoms with Crippen LogP contribution in [0.25, 0.3) is 0 Å². The lowest BCUT2D eigenvalue weighted by Crippen LogP contribution is -2.49. The van der Waals surface area contributed by atoms with Crippen molar-refractivity contribution in [3.8, 4) is 0 Å². The van der Waals surface area contributed by atoms with Gasteiger partial charge in [-0.3, -0.25) is 9.59 Å². The fourth-order valence-electron chi connectivity index (χ4n) is 1.75. The Kier molecular flexibility index (Phi) is 7.66. The highest BCUT2D eigenvalue weighted by Crippen LogP contribution is 2.13. The molecule has 0 aromatic heterocycles. The second kappa shape index (κ2) is 8.99. The van der Waals surface area contributed by atoms with Crippen LogP contribution in [0.3, 0.4) is 0 Å². The lowest BCUT2D eigenvalue weighted by atomic mass is 10.3. The van der Waals surface area contributed by atoms with E-state index in [1.165, 1.54) is 0 Å². The number of amides is 2. The smallest absolute Gasteiger partial charge is 0.250 e. The summed E-state index contributed by atoms with van der Waals surface area (Å²) in [4.78, 5) is 23.4. The first-order valence-corrected chi connectivity index (χ1v) is 7.10. The fraction of sp³-hybridized carbons (Fsp3) is 0.385. The molecule has 0 aliphatic carbocycles. The zero-order valence-corrected chi connectivity index (χ0v) is 13.6. The molecule has 0 spiro atoms. The van der Waals surface area contributed by atoms with Crippen molar-refractivity contribution < 1.29 is 14.3 Å². The number of nitrogens with one attached hydrogen (secondary N) is 3. The molecule has 1 heterocycles. The Morgan fingerprint density at radius 2 is 2.05 bits per heavy atom. The van der Waals surface area contributed by atoms with Gasteiger partial charge in [0.05, 0.1) is 13.2 Å². The summed E-state index contributed by atoms with van der Waals surface area (Å²) in [6.07, 6.45) is -0.524. The normalized spacial score (nSPS) is 17.5. The van der Waals surface area contributed by atoms with E-state index in [0.29, 0.717) is 18.8 Å². The van der Waals surface area contributed by atoms with Crippen molar-refractivity contribution in [1.29, 1.82) is 0 Å². The highest BCUT2D eigenvalue weighted by atomic mass is 79.9. The van der Waals surface area contributed by atoms with Crippen LogP contribution in [0.15, 0.2) is 28.7 Å². The second-order valence-electron chi connectivity index (χ2n) is 4.34. The Hall–Kier alpha value is -1.15. The number of morpholine rings is 1. The number of hydrogen-bond donors (Lipinski definition) is 3. The van der Waals surface area contributed by atoms with Gasteiger partial charge in [-0.2, -0.15) is 0 Å². The maximum absolute atomic E-state index is 11.7. The Balaban J connectivity index is 0.00000220. The van der Waals surface area contributed by atoms with E-state index in [0.717, 1.165) is 11.0 Å². The molecule has 1 aliphatic heterocycles. The zero-order chi connectivity index (χ0) is 14.4. The first kappa shape index (κ1) is 17.9. The topological polar surface area (TPSA) is 79.5 Å². The molecule has 0 saturated carbocycles. The van der Waals surface area contributed by atoms with Gasteiger partial charge in [0.25, 0.3) is 5.91 Å². The molecule has 1 atom stereocenters. The third-order valence-corrected chi connectivity index (χ3v) is 3.30. The Morgan fingerprint density at radius 1 is 1.33 bits per heavy atom. The quantitative estimate of drug-likeness (QED) is 0.728. The number of benzene rings is 1. The summed E-state index contributed by atoms with van der Waals surface area (Å²) < 4.78 is 6.23. The van der Waals surface area contributed by atoms with Gasteiger partial charge in [0.15, 0.2) is 0 Å². The van der Waals surface area contributed by atoms with Crippen molar-refractivity contribution in [2.24, 2.45) is 0 Å². The molecular formula is C13H17BrClN3O3. The van der Waals surface area contributed by atoms with Crippen LogP contribution in [0, 0.1) is 0 Å². The van der Waals surface area contributed by atoms with E-state index in [1.54, 1.807) is 12.1 Å². The molecule has 2 amide bonds. The van der Waals surface area contributed by atoms with E-state index in [9.17, 15) is 9.59 Å². The van der Waals surface area contributed by atoms with E-state index < -0.39 is 6.10 Å². The van der Waals surface area contributed by atoms with Crippen LogP contribution in [0.2, 0.25) is 0 Å². The first-order valence-electron chi connectivity index (χ1n) is 6.30. The maximum Gasteiger partial charge on any atom is 0.250 e. The van der Waals surface area contributed by atoms with Crippen molar-refractivity contribution in [2.75, 3.05) is 31.6 Å². The van der Waals surface area contributed by atoms with Gasteiger partial charge in [-0.25, -0.2) is 0 Å². The predicted molar refractivity (Wildman–Crippen MR) is 85.6 cm³/mol. The number of carbonyl (C=O) groups excluding carboxylic acids is 2. The van der Waals surface area contributed by atoms with E-state index in [4.69, 9.17) is 4.74 Å². The molecule has 1 aromatic carbocycles. The maximum atomic E-state index is 11.7. The van der Waals surface area contributed by atoms with Crippen LogP contribution in [-0.2, 0) is 14.3 Å². The third kappa shape index (κ3) is 6.01. The molecule has 0 radical (unpaired) electrons. The second-order valence-corrected chi connectivity index (χ2v) is 5.25. The largest absolute Gasteiger partial charge is 0.366 e. The molecule has 21 heavy (non-hydrogen) atoms. The molecule has 8 heteroatoms. The van der Waals surface area contributed by atoms with Crippen LogP contribution in [-0.4, -0.2) is 44.2 Å². The minimum atomic E-state index is -0.524. The molecule has 6 nitrogen and oxygen atoms in total. The molecule has 0 bridgehead atoms. The molecule has 3 N–H and O–H groups in total. The SMILES string of the molecule is Cl.O=C(CNC(=O)C1CNCCO1)Nc1ccc(Br)cc1. The van der Waals surface area contributed by atoms with Crippen molar-refractivity contribution in [3.63, 3.8) is 0 Å². The van der Waals surface area contributed by atoms with Crippen molar-refractivity contribution in [2.45, 2.75) is 6.10 Å². The van der Waals surface area contributed by atoms with Crippen LogP contribution in [0.4, 0.5) is 5.69 Å². The number of carbonyl (C=O) groups is 2. The number of rotatable bonds is 4. The van der Waals surface area contributed by atoms with Gasteiger partial charge in [-0.15, -0.1) is 12.4 Å². The van der Waals surface area contributed by atoms with Gasteiger partial charge in [0.1, 0.15) is 6.10 Å². The highest BCUT2D eigenvalue weighted by molar-refractivity contribution is 9.10. The molecule has 116 valence electrons. The summed E-state index contributed by atoms with van der Waals surface area (Å²) in [6, 6.07) is 7.21. The molecule has 1 saturated heterocycles. The summed E-state index contributed by atoms with van der Waals surface area (Å²) in [5.74, 6) is -0.549. The number of halogens is 2. The van der Waals surface area contributed by atoms with Gasteiger partial charge < -0.3 is 20.7 Å². The highest BCUT2D eigenvalue weighted by Gasteiger charge is 2.21. The van der Waals surface area contributed by atoms with Crippen LogP contribution in [0.5, 0.6) is 0 Å². The summed E-state index contributed by atoms with van der Waals surface area (Å²) in [7, 11) is 0. The molecule has 1 aliphatic rings. The van der Waals surface area contributed by atoms with Gasteiger partial charge in [-0.1, -0.05) is 15.9 Å². The Morgan fingerprint density at radius 3 is 2.67 bits per heavy atom. The van der Waals surface area contributed by atoms with Crippen molar-refractivity contribution >= 4 is 45.8 Å². The lowest BCUT2D eigenvalue weighted by molar-refractivity contribution is -0.135. The summed E-state index contributed by atoms with van der Waals surface area (Å²) in [5, 5.41) is 8.31. The molecular weight excluding hydrogens is 362 g/mol. The average molecular weight is 379 g/mol. The van der Waals surface area contributed by atoms with Crippen LogP contribution < -0.4 is 16.0 Å². The van der Waals surface area contributed by atoms with Gasteiger partial charge >= 0.3 is 0 Å². The predicted octanol–water partition coefficient (Wildman–Crippen LogP) is 0.914. The molecule has 1 fully saturated rings. The lowest BCUT2D eigenvalue weighted by Gasteiger charge is -2.22. The van der Waals surface area contributed by atoms with Crippen LogP contribution in [0.1, 0.15) is 0 Å². The minimum absolute atomic E-state index is 0. The Labute approximate surface area is 137 Å². The monoisotopic (exact) mass is 377 g/mol. The van der Waals surface area contributed by atoms with Crippen molar-refractivity contribution in [3.05, 3.63) is 28.7 Å². The summed E-state index contributed by atoms with van der Waals surface area (Å²) in [5.41, 5.74) is 0.683. The van der Waals surface area contributed by atoms with Gasteiger partial charge in [0.2, 0.25) is 5.91 Å². The number of ether oxygens (including phenoxy) is 1. The van der Waals surface area contributed by atoms with E-state index in [1.807, 2.05) is 12.1 Å². The van der Waals surface area contributed by atoms with Crippen molar-refractivity contribution in [1.82, 2.24) is 10.6 Å². The van der Waals surface area contributed by atoms with Crippen LogP contribution >= 0.6 is 28.3 Å². The first-order chi connectivity index (χ1) is 9.65. The molecule has 2 rings (SSSR count). The third-order valence-electron chi connectivity index (χ3n) is 2.77. The average Bonchev–Trinajstić information content (AvgIpc) is 2.48. The Bertz CT molecular complexity index is 478. The van der Waals surface area contributed by atoms with E-state index in [2.05, 4.69) is 31.9 Å². The molecule has 1 aromatic rings.